The third-order valence-corrected chi connectivity index (χ3v) is 4.75. The van der Waals surface area contributed by atoms with Crippen LogP contribution in [0.3, 0.4) is 0 Å². The summed E-state index contributed by atoms with van der Waals surface area (Å²) < 4.78 is 44.3. The van der Waals surface area contributed by atoms with E-state index in [0.29, 0.717) is 23.9 Å². The first-order chi connectivity index (χ1) is 16.6. The van der Waals surface area contributed by atoms with Gasteiger partial charge in [-0.15, -0.1) is 0 Å². The summed E-state index contributed by atoms with van der Waals surface area (Å²) in [7, 11) is 0. The zero-order valence-corrected chi connectivity index (χ0v) is 19.3. The second-order valence-electron chi connectivity index (χ2n) is 8.24. The molecule has 0 saturated heterocycles. The zero-order chi connectivity index (χ0) is 25.4. The summed E-state index contributed by atoms with van der Waals surface area (Å²) in [5.41, 5.74) is 0.527. The molecule has 0 fully saturated rings. The molecule has 35 heavy (non-hydrogen) atoms. The minimum atomic E-state index is -4.51. The van der Waals surface area contributed by atoms with Gasteiger partial charge in [0.15, 0.2) is 0 Å². The van der Waals surface area contributed by atoms with Gasteiger partial charge >= 0.3 is 6.18 Å². The highest BCUT2D eigenvalue weighted by atomic mass is 19.4. The van der Waals surface area contributed by atoms with Gasteiger partial charge in [0.1, 0.15) is 5.75 Å². The van der Waals surface area contributed by atoms with Gasteiger partial charge in [0.25, 0.3) is 5.91 Å². The van der Waals surface area contributed by atoms with Gasteiger partial charge in [-0.05, 0) is 66.6 Å². The lowest BCUT2D eigenvalue weighted by atomic mass is 10.1. The number of rotatable bonds is 9. The minimum Gasteiger partial charge on any atom is -0.493 e. The van der Waals surface area contributed by atoms with E-state index in [2.05, 4.69) is 29.8 Å². The van der Waals surface area contributed by atoms with E-state index in [1.54, 1.807) is 36.4 Å². The molecule has 2 amide bonds. The molecule has 0 bridgehead atoms. The summed E-state index contributed by atoms with van der Waals surface area (Å²) in [5, 5.41) is 8.15. The molecule has 0 spiro atoms. The lowest BCUT2D eigenvalue weighted by molar-refractivity contribution is -0.137. The van der Waals surface area contributed by atoms with E-state index in [1.165, 1.54) is 24.3 Å². The van der Waals surface area contributed by atoms with Crippen LogP contribution in [0.2, 0.25) is 0 Å². The van der Waals surface area contributed by atoms with Gasteiger partial charge in [0.2, 0.25) is 5.91 Å². The lowest BCUT2D eigenvalue weighted by Gasteiger charge is -2.12. The number of nitrogens with one attached hydrogen (secondary N) is 3. The van der Waals surface area contributed by atoms with Crippen molar-refractivity contribution in [1.82, 2.24) is 0 Å². The van der Waals surface area contributed by atoms with Gasteiger partial charge < -0.3 is 20.7 Å². The van der Waals surface area contributed by atoms with Gasteiger partial charge in [-0.2, -0.15) is 13.2 Å². The highest BCUT2D eigenvalue weighted by molar-refractivity contribution is 6.05. The van der Waals surface area contributed by atoms with Crippen molar-refractivity contribution >= 4 is 28.9 Å². The molecule has 3 aromatic carbocycles. The van der Waals surface area contributed by atoms with Crippen molar-refractivity contribution in [2.75, 3.05) is 29.1 Å². The largest absolute Gasteiger partial charge is 0.493 e. The fourth-order valence-electron chi connectivity index (χ4n) is 3.03. The Morgan fingerprint density at radius 1 is 0.857 bits per heavy atom. The molecule has 0 aliphatic carbocycles. The lowest BCUT2D eigenvalue weighted by Crippen LogP contribution is -2.22. The highest BCUT2D eigenvalue weighted by Crippen LogP contribution is 2.30. The number of amides is 2. The molecule has 0 aliphatic heterocycles. The maximum absolute atomic E-state index is 12.9. The Balaban J connectivity index is 1.53. The predicted octanol–water partition coefficient (Wildman–Crippen LogP) is 6.04. The summed E-state index contributed by atoms with van der Waals surface area (Å²) >= 11 is 0. The first-order valence-corrected chi connectivity index (χ1v) is 11.0. The summed E-state index contributed by atoms with van der Waals surface area (Å²) in [6.07, 6.45) is -4.51. The Morgan fingerprint density at radius 2 is 1.54 bits per heavy atom. The number of benzene rings is 3. The minimum absolute atomic E-state index is 0.0307. The molecule has 0 radical (unpaired) electrons. The van der Waals surface area contributed by atoms with E-state index in [-0.39, 0.29) is 23.7 Å². The van der Waals surface area contributed by atoms with Gasteiger partial charge in [-0.25, -0.2) is 0 Å². The average Bonchev–Trinajstić information content (AvgIpc) is 2.82. The van der Waals surface area contributed by atoms with Gasteiger partial charge in [-0.3, -0.25) is 9.59 Å². The van der Waals surface area contributed by atoms with Gasteiger partial charge in [0, 0.05) is 22.6 Å². The van der Waals surface area contributed by atoms with Crippen molar-refractivity contribution in [2.45, 2.75) is 20.0 Å². The Hall–Kier alpha value is -4.01. The number of carbonyl (C=O) groups is 2. The number of hydrogen-bond donors (Lipinski definition) is 3. The van der Waals surface area contributed by atoms with Crippen molar-refractivity contribution in [3.63, 3.8) is 0 Å². The van der Waals surface area contributed by atoms with Crippen molar-refractivity contribution in [3.8, 4) is 5.75 Å². The maximum Gasteiger partial charge on any atom is 0.416 e. The highest BCUT2D eigenvalue weighted by Gasteiger charge is 2.30. The number of ether oxygens (including phenoxy) is 1. The molecule has 0 heterocycles. The molecule has 3 N–H and O–H groups in total. The van der Waals surface area contributed by atoms with Crippen LogP contribution in [0, 0.1) is 5.92 Å². The molecule has 0 atom stereocenters. The van der Waals surface area contributed by atoms with E-state index < -0.39 is 17.6 Å². The van der Waals surface area contributed by atoms with E-state index >= 15 is 0 Å². The summed E-state index contributed by atoms with van der Waals surface area (Å²) in [5.74, 6) is 0.262. The van der Waals surface area contributed by atoms with Crippen molar-refractivity contribution < 1.29 is 27.5 Å². The molecule has 0 aliphatic rings. The number of anilines is 3. The quantitative estimate of drug-likeness (QED) is 0.345. The van der Waals surface area contributed by atoms with E-state index in [4.69, 9.17) is 4.74 Å². The van der Waals surface area contributed by atoms with Crippen molar-refractivity contribution in [2.24, 2.45) is 5.92 Å². The number of halogens is 3. The second-order valence-corrected chi connectivity index (χ2v) is 8.24. The van der Waals surface area contributed by atoms with Crippen LogP contribution in [0.1, 0.15) is 29.8 Å². The van der Waals surface area contributed by atoms with Gasteiger partial charge in [-0.1, -0.05) is 26.0 Å². The van der Waals surface area contributed by atoms with Crippen LogP contribution in [0.25, 0.3) is 0 Å². The molecule has 3 aromatic rings. The molecule has 3 rings (SSSR count). The summed E-state index contributed by atoms with van der Waals surface area (Å²) in [6.45, 7) is 4.66. The topological polar surface area (TPSA) is 79.5 Å². The molecular weight excluding hydrogens is 459 g/mol. The fraction of sp³-hybridized carbons (Fsp3) is 0.231. The van der Waals surface area contributed by atoms with Crippen molar-refractivity contribution in [3.05, 3.63) is 83.9 Å². The first-order valence-electron chi connectivity index (χ1n) is 11.0. The van der Waals surface area contributed by atoms with Gasteiger partial charge in [0.05, 0.1) is 18.7 Å². The molecule has 184 valence electrons. The number of hydrogen-bond acceptors (Lipinski definition) is 4. The molecule has 6 nitrogen and oxygen atoms in total. The third-order valence-electron chi connectivity index (χ3n) is 4.75. The number of alkyl halides is 3. The molecule has 0 aromatic heterocycles. The zero-order valence-electron chi connectivity index (χ0n) is 19.3. The first kappa shape index (κ1) is 25.6. The molecule has 9 heteroatoms. The van der Waals surface area contributed by atoms with Crippen LogP contribution < -0.4 is 20.7 Å². The third kappa shape index (κ3) is 8.06. The Bertz CT molecular complexity index is 1160. The summed E-state index contributed by atoms with van der Waals surface area (Å²) in [6, 6.07) is 17.8. The van der Waals surface area contributed by atoms with Crippen LogP contribution in [0.15, 0.2) is 72.8 Å². The maximum atomic E-state index is 12.9. The number of carbonyl (C=O) groups excluding carboxylic acids is 2. The Kier molecular flexibility index (Phi) is 8.35. The van der Waals surface area contributed by atoms with Crippen molar-refractivity contribution in [1.29, 1.82) is 0 Å². The Morgan fingerprint density at radius 3 is 2.23 bits per heavy atom. The average molecular weight is 486 g/mol. The second kappa shape index (κ2) is 11.4. The monoisotopic (exact) mass is 485 g/mol. The smallest absolute Gasteiger partial charge is 0.416 e. The molecular formula is C26H26F3N3O3. The fourth-order valence-corrected chi connectivity index (χ4v) is 3.03. The predicted molar refractivity (Wildman–Crippen MR) is 130 cm³/mol. The van der Waals surface area contributed by atoms with Crippen LogP contribution in [0.5, 0.6) is 5.75 Å². The van der Waals surface area contributed by atoms with Crippen LogP contribution in [-0.2, 0) is 11.0 Å². The van der Waals surface area contributed by atoms with Crippen LogP contribution in [-0.4, -0.2) is 25.0 Å². The SMILES string of the molecule is CC(C)COc1ccc(NC(=O)CNc2cccc(C(=O)Nc3cccc(C(F)(F)F)c3)c2)cc1. The standard InChI is InChI=1S/C26H26F3N3O3/c1-17(2)16-35-23-11-9-20(10-12-23)31-24(33)15-30-21-7-3-5-18(13-21)25(34)32-22-8-4-6-19(14-22)26(27,28)29/h3-14,17,30H,15-16H2,1-2H3,(H,31,33)(H,32,34). The van der Waals surface area contributed by atoms with E-state index in [1.807, 2.05) is 0 Å². The molecule has 0 unspecified atom stereocenters. The van der Waals surface area contributed by atoms with E-state index in [9.17, 15) is 22.8 Å². The molecule has 0 saturated carbocycles. The summed E-state index contributed by atoms with van der Waals surface area (Å²) in [4.78, 5) is 24.8. The normalized spacial score (nSPS) is 11.1. The Labute approximate surface area is 201 Å². The van der Waals surface area contributed by atoms with Crippen LogP contribution in [0.4, 0.5) is 30.2 Å². The van der Waals surface area contributed by atoms with E-state index in [0.717, 1.165) is 17.9 Å². The van der Waals surface area contributed by atoms with Crippen LogP contribution >= 0.6 is 0 Å².